The molecule has 9 aromatic rings. The zero-order chi connectivity index (χ0) is 34.1. The van der Waals surface area contributed by atoms with Crippen LogP contribution in [0.4, 0.5) is 17.1 Å². The Morgan fingerprint density at radius 1 is 0.353 bits per heavy atom. The molecule has 0 N–H and O–H groups in total. The lowest BCUT2D eigenvalue weighted by Gasteiger charge is -2.26. The van der Waals surface area contributed by atoms with Gasteiger partial charge in [-0.05, 0) is 106 Å². The first-order valence-corrected chi connectivity index (χ1v) is 17.4. The number of rotatable bonds is 7. The van der Waals surface area contributed by atoms with Crippen molar-refractivity contribution in [1.82, 2.24) is 0 Å². The number of aryl methyl sites for hydroxylation is 1. The summed E-state index contributed by atoms with van der Waals surface area (Å²) in [6.07, 6.45) is 0. The number of nitrogens with zero attached hydrogens (tertiary/aromatic N) is 1. The molecule has 8 aromatic carbocycles. The minimum Gasteiger partial charge on any atom is -0.456 e. The third-order valence-electron chi connectivity index (χ3n) is 9.85. The average molecular weight is 654 g/mol. The summed E-state index contributed by atoms with van der Waals surface area (Å²) in [5.74, 6) is 0.922. The zero-order valence-corrected chi connectivity index (χ0v) is 28.3. The predicted octanol–water partition coefficient (Wildman–Crippen LogP) is 14.0. The van der Waals surface area contributed by atoms with Gasteiger partial charge in [-0.1, -0.05) is 140 Å². The maximum Gasteiger partial charge on any atom is 0.138 e. The summed E-state index contributed by atoms with van der Waals surface area (Å²) in [4.78, 5) is 2.34. The highest BCUT2D eigenvalue weighted by molar-refractivity contribution is 5.90. The fraction of sp³-hybridized carbons (Fsp3) is 0.0204. The summed E-state index contributed by atoms with van der Waals surface area (Å²) in [7, 11) is 0. The van der Waals surface area contributed by atoms with Crippen LogP contribution < -0.4 is 4.90 Å². The molecule has 0 amide bonds. The third kappa shape index (κ3) is 5.88. The fourth-order valence-electron chi connectivity index (χ4n) is 7.17. The van der Waals surface area contributed by atoms with Gasteiger partial charge in [0.1, 0.15) is 11.3 Å². The molecule has 0 aliphatic heterocycles. The number of para-hydroxylation sites is 1. The molecule has 0 bridgehead atoms. The number of hydrogen-bond donors (Lipinski definition) is 0. The van der Waals surface area contributed by atoms with Gasteiger partial charge < -0.3 is 9.32 Å². The summed E-state index contributed by atoms with van der Waals surface area (Å²) in [5.41, 5.74) is 13.5. The Morgan fingerprint density at radius 2 is 0.882 bits per heavy atom. The van der Waals surface area contributed by atoms with Crippen molar-refractivity contribution >= 4 is 38.8 Å². The number of benzene rings is 8. The molecule has 0 saturated heterocycles. The first kappa shape index (κ1) is 30.4. The van der Waals surface area contributed by atoms with Crippen LogP contribution in [-0.4, -0.2) is 0 Å². The molecule has 0 fully saturated rings. The van der Waals surface area contributed by atoms with E-state index in [4.69, 9.17) is 4.42 Å². The van der Waals surface area contributed by atoms with Crippen LogP contribution in [0.1, 0.15) is 5.56 Å². The van der Waals surface area contributed by atoms with Crippen molar-refractivity contribution < 1.29 is 4.42 Å². The van der Waals surface area contributed by atoms with Gasteiger partial charge in [0.2, 0.25) is 0 Å². The highest BCUT2D eigenvalue weighted by Gasteiger charge is 2.16. The Labute approximate surface area is 298 Å². The van der Waals surface area contributed by atoms with E-state index in [0.717, 1.165) is 56.0 Å². The minimum atomic E-state index is 0.918. The van der Waals surface area contributed by atoms with E-state index in [-0.39, 0.29) is 0 Å². The van der Waals surface area contributed by atoms with E-state index in [9.17, 15) is 0 Å². The van der Waals surface area contributed by atoms with Crippen LogP contribution in [-0.2, 0) is 0 Å². The standard InChI is InChI=1S/C49H35NO/c1-34-47-19-7-8-20-48(47)51-49(34)43-17-9-15-40(32-43)37-23-27-44(28-24-37)50(46-18-10-16-41(33-46)35-11-3-2-4-12-35)45-29-25-38(26-30-45)42-22-21-36-13-5-6-14-39(36)31-42/h2-33H,1H3. The van der Waals surface area contributed by atoms with E-state index in [2.05, 4.69) is 194 Å². The highest BCUT2D eigenvalue weighted by atomic mass is 16.3. The Morgan fingerprint density at radius 3 is 1.61 bits per heavy atom. The predicted molar refractivity (Wildman–Crippen MR) is 215 cm³/mol. The molecule has 0 aliphatic carbocycles. The second kappa shape index (κ2) is 13.0. The van der Waals surface area contributed by atoms with E-state index in [0.29, 0.717) is 0 Å². The van der Waals surface area contributed by atoms with Crippen LogP contribution in [0.2, 0.25) is 0 Å². The Bertz CT molecular complexity index is 2630. The largest absolute Gasteiger partial charge is 0.456 e. The van der Waals surface area contributed by atoms with Gasteiger partial charge >= 0.3 is 0 Å². The SMILES string of the molecule is Cc1c(-c2cccc(-c3ccc(N(c4ccc(-c5ccc6ccccc6c5)cc4)c4cccc(-c5ccccc5)c4)cc3)c2)oc2ccccc12. The van der Waals surface area contributed by atoms with Crippen LogP contribution in [0, 0.1) is 6.92 Å². The maximum absolute atomic E-state index is 6.31. The van der Waals surface area contributed by atoms with Gasteiger partial charge in [-0.15, -0.1) is 0 Å². The molecular formula is C49H35NO. The molecule has 0 unspecified atom stereocenters. The van der Waals surface area contributed by atoms with Gasteiger partial charge in [0.05, 0.1) is 0 Å². The number of fused-ring (bicyclic) bond motifs is 2. The minimum absolute atomic E-state index is 0.918. The summed E-state index contributed by atoms with van der Waals surface area (Å²) < 4.78 is 6.31. The lowest BCUT2D eigenvalue weighted by atomic mass is 9.99. The van der Waals surface area contributed by atoms with Gasteiger partial charge in [0.15, 0.2) is 0 Å². The second-order valence-corrected chi connectivity index (χ2v) is 13.0. The van der Waals surface area contributed by atoms with Gasteiger partial charge in [0.25, 0.3) is 0 Å². The summed E-state index contributed by atoms with van der Waals surface area (Å²) in [6, 6.07) is 69.3. The van der Waals surface area contributed by atoms with E-state index in [1.54, 1.807) is 0 Å². The maximum atomic E-state index is 6.31. The Kier molecular flexibility index (Phi) is 7.75. The van der Waals surface area contributed by atoms with E-state index >= 15 is 0 Å². The topological polar surface area (TPSA) is 16.4 Å². The molecule has 0 atom stereocenters. The van der Waals surface area contributed by atoms with Crippen molar-refractivity contribution in [2.24, 2.45) is 0 Å². The highest BCUT2D eigenvalue weighted by Crippen LogP contribution is 2.39. The molecule has 1 aromatic heterocycles. The summed E-state index contributed by atoms with van der Waals surface area (Å²) in [6.45, 7) is 2.14. The number of furan rings is 1. The summed E-state index contributed by atoms with van der Waals surface area (Å²) >= 11 is 0. The third-order valence-corrected chi connectivity index (χ3v) is 9.85. The van der Waals surface area contributed by atoms with Crippen LogP contribution in [0.3, 0.4) is 0 Å². The van der Waals surface area contributed by atoms with Crippen molar-refractivity contribution in [3.63, 3.8) is 0 Å². The van der Waals surface area contributed by atoms with E-state index < -0.39 is 0 Å². The van der Waals surface area contributed by atoms with Crippen LogP contribution in [0.5, 0.6) is 0 Å². The molecule has 1 heterocycles. The van der Waals surface area contributed by atoms with Crippen molar-refractivity contribution in [3.05, 3.63) is 200 Å². The normalized spacial score (nSPS) is 11.2. The molecule has 242 valence electrons. The smallest absolute Gasteiger partial charge is 0.138 e. The molecule has 0 spiro atoms. The molecule has 0 saturated carbocycles. The van der Waals surface area contributed by atoms with Gasteiger partial charge in [-0.25, -0.2) is 0 Å². The van der Waals surface area contributed by atoms with Crippen molar-refractivity contribution in [1.29, 1.82) is 0 Å². The quantitative estimate of drug-likeness (QED) is 0.170. The molecule has 9 rings (SSSR count). The van der Waals surface area contributed by atoms with Gasteiger partial charge in [-0.2, -0.15) is 0 Å². The van der Waals surface area contributed by atoms with E-state index in [1.165, 1.54) is 33.0 Å². The first-order valence-electron chi connectivity index (χ1n) is 17.4. The van der Waals surface area contributed by atoms with E-state index in [1.807, 2.05) is 12.1 Å². The molecule has 51 heavy (non-hydrogen) atoms. The molecular weight excluding hydrogens is 619 g/mol. The number of anilines is 3. The first-order chi connectivity index (χ1) is 25.2. The lowest BCUT2D eigenvalue weighted by Crippen LogP contribution is -2.10. The van der Waals surface area contributed by atoms with Crippen LogP contribution >= 0.6 is 0 Å². The Hall–Kier alpha value is -6.64. The zero-order valence-electron chi connectivity index (χ0n) is 28.3. The molecule has 0 aliphatic rings. The van der Waals surface area contributed by atoms with Crippen molar-refractivity contribution in [3.8, 4) is 44.7 Å². The Balaban J connectivity index is 1.09. The van der Waals surface area contributed by atoms with Crippen molar-refractivity contribution in [2.45, 2.75) is 6.92 Å². The average Bonchev–Trinajstić information content (AvgIpc) is 3.55. The van der Waals surface area contributed by atoms with Crippen LogP contribution in [0.25, 0.3) is 66.4 Å². The van der Waals surface area contributed by atoms with Gasteiger partial charge in [-0.3, -0.25) is 0 Å². The fourth-order valence-corrected chi connectivity index (χ4v) is 7.17. The molecule has 0 radical (unpaired) electrons. The number of hydrogen-bond acceptors (Lipinski definition) is 2. The monoisotopic (exact) mass is 653 g/mol. The lowest BCUT2D eigenvalue weighted by molar-refractivity contribution is 0.629. The molecule has 2 heteroatoms. The summed E-state index contributed by atoms with van der Waals surface area (Å²) in [5, 5.41) is 3.66. The van der Waals surface area contributed by atoms with Crippen molar-refractivity contribution in [2.75, 3.05) is 4.90 Å². The molecule has 2 nitrogen and oxygen atoms in total. The second-order valence-electron chi connectivity index (χ2n) is 13.0. The van der Waals surface area contributed by atoms with Crippen LogP contribution in [0.15, 0.2) is 199 Å². The van der Waals surface area contributed by atoms with Gasteiger partial charge in [0, 0.05) is 33.6 Å².